The van der Waals surface area contributed by atoms with Crippen LogP contribution < -0.4 is 15.2 Å². The number of sulfonamides is 1. The molecule has 0 bridgehead atoms. The molecule has 0 aliphatic heterocycles. The van der Waals surface area contributed by atoms with Crippen LogP contribution in [0.2, 0.25) is 0 Å². The van der Waals surface area contributed by atoms with Gasteiger partial charge in [0, 0.05) is 6.04 Å². The second-order valence-corrected chi connectivity index (χ2v) is 5.39. The van der Waals surface area contributed by atoms with Gasteiger partial charge >= 0.3 is 0 Å². The van der Waals surface area contributed by atoms with Gasteiger partial charge < -0.3 is 10.5 Å². The summed E-state index contributed by atoms with van der Waals surface area (Å²) in [5.74, 6) is 0.462. The molecular formula is C10H16N2O3S. The van der Waals surface area contributed by atoms with Gasteiger partial charge in [-0.05, 0) is 32.0 Å². The number of rotatable bonds is 4. The topological polar surface area (TPSA) is 81.4 Å². The fourth-order valence-electron chi connectivity index (χ4n) is 1.26. The minimum Gasteiger partial charge on any atom is -0.495 e. The van der Waals surface area contributed by atoms with Gasteiger partial charge in [0.15, 0.2) is 0 Å². The highest BCUT2D eigenvalue weighted by atomic mass is 32.2. The van der Waals surface area contributed by atoms with E-state index >= 15 is 0 Å². The van der Waals surface area contributed by atoms with Crippen molar-refractivity contribution < 1.29 is 13.2 Å². The zero-order valence-corrected chi connectivity index (χ0v) is 10.3. The van der Waals surface area contributed by atoms with E-state index < -0.39 is 10.0 Å². The molecule has 3 N–H and O–H groups in total. The molecule has 0 fully saturated rings. The van der Waals surface area contributed by atoms with E-state index in [1.165, 1.54) is 25.3 Å². The van der Waals surface area contributed by atoms with E-state index in [-0.39, 0.29) is 10.9 Å². The molecular weight excluding hydrogens is 228 g/mol. The Morgan fingerprint density at radius 3 is 2.44 bits per heavy atom. The predicted octanol–water partition coefficient (Wildman–Crippen LogP) is 0.964. The van der Waals surface area contributed by atoms with Crippen LogP contribution in [0.1, 0.15) is 13.8 Å². The SMILES string of the molecule is COc1ccc(S(=O)(=O)NC(C)C)cc1N. The maximum absolute atomic E-state index is 11.8. The largest absolute Gasteiger partial charge is 0.495 e. The summed E-state index contributed by atoms with van der Waals surface area (Å²) in [7, 11) is -2.01. The van der Waals surface area contributed by atoms with Crippen LogP contribution in [0.3, 0.4) is 0 Å². The number of ether oxygens (including phenoxy) is 1. The number of nitrogens with two attached hydrogens (primary N) is 1. The summed E-state index contributed by atoms with van der Waals surface area (Å²) >= 11 is 0. The van der Waals surface area contributed by atoms with E-state index in [0.717, 1.165) is 0 Å². The van der Waals surface area contributed by atoms with Crippen molar-refractivity contribution in [3.63, 3.8) is 0 Å². The molecule has 0 heterocycles. The fourth-order valence-corrected chi connectivity index (χ4v) is 2.54. The average molecular weight is 244 g/mol. The molecule has 0 radical (unpaired) electrons. The molecule has 1 aromatic rings. The molecule has 0 aliphatic carbocycles. The lowest BCUT2D eigenvalue weighted by atomic mass is 10.3. The van der Waals surface area contributed by atoms with Gasteiger partial charge in [0.05, 0.1) is 17.7 Å². The molecule has 0 saturated carbocycles. The molecule has 0 amide bonds. The van der Waals surface area contributed by atoms with Gasteiger partial charge in [-0.2, -0.15) is 0 Å². The second kappa shape index (κ2) is 4.71. The van der Waals surface area contributed by atoms with Gasteiger partial charge in [-0.15, -0.1) is 0 Å². The Kier molecular flexibility index (Phi) is 3.77. The smallest absolute Gasteiger partial charge is 0.240 e. The Bertz CT molecular complexity index is 469. The third kappa shape index (κ3) is 2.86. The summed E-state index contributed by atoms with van der Waals surface area (Å²) in [5, 5.41) is 0. The lowest BCUT2D eigenvalue weighted by Gasteiger charge is -2.11. The molecule has 1 rings (SSSR count). The second-order valence-electron chi connectivity index (χ2n) is 3.68. The van der Waals surface area contributed by atoms with Crippen molar-refractivity contribution in [2.24, 2.45) is 0 Å². The number of anilines is 1. The van der Waals surface area contributed by atoms with Gasteiger partial charge in [0.25, 0.3) is 0 Å². The summed E-state index contributed by atoms with van der Waals surface area (Å²) in [6.45, 7) is 3.51. The van der Waals surface area contributed by atoms with E-state index in [9.17, 15) is 8.42 Å². The number of benzene rings is 1. The lowest BCUT2D eigenvalue weighted by molar-refractivity contribution is 0.416. The van der Waals surface area contributed by atoms with Gasteiger partial charge in [-0.25, -0.2) is 13.1 Å². The monoisotopic (exact) mass is 244 g/mol. The van der Waals surface area contributed by atoms with Crippen molar-refractivity contribution in [3.8, 4) is 5.75 Å². The minimum atomic E-state index is -3.49. The van der Waals surface area contributed by atoms with Gasteiger partial charge in [0.2, 0.25) is 10.0 Å². The van der Waals surface area contributed by atoms with Gasteiger partial charge in [0.1, 0.15) is 5.75 Å². The van der Waals surface area contributed by atoms with Crippen LogP contribution in [0.4, 0.5) is 5.69 Å². The summed E-state index contributed by atoms with van der Waals surface area (Å²) < 4.78 is 31.0. The van der Waals surface area contributed by atoms with E-state index in [4.69, 9.17) is 10.5 Å². The first-order valence-corrected chi connectivity index (χ1v) is 6.31. The maximum atomic E-state index is 11.8. The molecule has 1 aromatic carbocycles. The van der Waals surface area contributed by atoms with Crippen molar-refractivity contribution in [2.45, 2.75) is 24.8 Å². The lowest BCUT2D eigenvalue weighted by Crippen LogP contribution is -2.30. The first-order chi connectivity index (χ1) is 7.36. The normalized spacial score (nSPS) is 11.8. The third-order valence-corrected chi connectivity index (χ3v) is 3.56. The quantitative estimate of drug-likeness (QED) is 0.773. The van der Waals surface area contributed by atoms with E-state index in [1.807, 2.05) is 0 Å². The maximum Gasteiger partial charge on any atom is 0.240 e. The van der Waals surface area contributed by atoms with Crippen molar-refractivity contribution in [1.82, 2.24) is 4.72 Å². The Balaban J connectivity index is 3.10. The molecule has 0 unspecified atom stereocenters. The number of hydrogen-bond acceptors (Lipinski definition) is 4. The van der Waals surface area contributed by atoms with Crippen molar-refractivity contribution >= 4 is 15.7 Å². The Labute approximate surface area is 95.7 Å². The number of hydrogen-bond donors (Lipinski definition) is 2. The van der Waals surface area contributed by atoms with Crippen LogP contribution in [-0.4, -0.2) is 21.6 Å². The average Bonchev–Trinajstić information content (AvgIpc) is 2.15. The highest BCUT2D eigenvalue weighted by molar-refractivity contribution is 7.89. The van der Waals surface area contributed by atoms with Crippen molar-refractivity contribution in [3.05, 3.63) is 18.2 Å². The predicted molar refractivity (Wildman–Crippen MR) is 62.9 cm³/mol. The van der Waals surface area contributed by atoms with Crippen LogP contribution in [-0.2, 0) is 10.0 Å². The van der Waals surface area contributed by atoms with Crippen LogP contribution in [0.25, 0.3) is 0 Å². The molecule has 16 heavy (non-hydrogen) atoms. The Morgan fingerprint density at radius 1 is 1.38 bits per heavy atom. The molecule has 90 valence electrons. The standard InChI is InChI=1S/C10H16N2O3S/c1-7(2)12-16(13,14)8-4-5-10(15-3)9(11)6-8/h4-7,12H,11H2,1-3H3. The summed E-state index contributed by atoms with van der Waals surface area (Å²) in [4.78, 5) is 0.138. The molecule has 0 saturated heterocycles. The number of nitrogens with one attached hydrogen (secondary N) is 1. The van der Waals surface area contributed by atoms with Crippen LogP contribution in [0.5, 0.6) is 5.75 Å². The molecule has 6 heteroatoms. The highest BCUT2D eigenvalue weighted by Crippen LogP contribution is 2.24. The molecule has 0 spiro atoms. The number of nitrogen functional groups attached to an aromatic ring is 1. The summed E-state index contributed by atoms with van der Waals surface area (Å²) in [6.07, 6.45) is 0. The van der Waals surface area contributed by atoms with Gasteiger partial charge in [-0.3, -0.25) is 0 Å². The zero-order valence-electron chi connectivity index (χ0n) is 9.52. The molecule has 5 nitrogen and oxygen atoms in total. The fraction of sp³-hybridized carbons (Fsp3) is 0.400. The van der Waals surface area contributed by atoms with Crippen LogP contribution in [0, 0.1) is 0 Å². The third-order valence-electron chi connectivity index (χ3n) is 1.90. The van der Waals surface area contributed by atoms with Crippen LogP contribution >= 0.6 is 0 Å². The van der Waals surface area contributed by atoms with Gasteiger partial charge in [-0.1, -0.05) is 0 Å². The number of methoxy groups -OCH3 is 1. The molecule has 0 aliphatic rings. The molecule has 0 aromatic heterocycles. The van der Waals surface area contributed by atoms with E-state index in [0.29, 0.717) is 11.4 Å². The molecule has 0 atom stereocenters. The van der Waals surface area contributed by atoms with Crippen LogP contribution in [0.15, 0.2) is 23.1 Å². The first kappa shape index (κ1) is 12.8. The van der Waals surface area contributed by atoms with Crippen molar-refractivity contribution in [2.75, 3.05) is 12.8 Å². The first-order valence-electron chi connectivity index (χ1n) is 4.82. The van der Waals surface area contributed by atoms with E-state index in [1.54, 1.807) is 13.8 Å². The summed E-state index contributed by atoms with van der Waals surface area (Å²) in [5.41, 5.74) is 5.94. The Morgan fingerprint density at radius 2 is 2.00 bits per heavy atom. The zero-order chi connectivity index (χ0) is 12.3. The Hall–Kier alpha value is -1.27. The minimum absolute atomic E-state index is 0.138. The highest BCUT2D eigenvalue weighted by Gasteiger charge is 2.16. The van der Waals surface area contributed by atoms with E-state index in [2.05, 4.69) is 4.72 Å². The summed E-state index contributed by atoms with van der Waals surface area (Å²) in [6, 6.07) is 4.21. The van der Waals surface area contributed by atoms with Crippen molar-refractivity contribution in [1.29, 1.82) is 0 Å².